The summed E-state index contributed by atoms with van der Waals surface area (Å²) < 4.78 is 0. The van der Waals surface area contributed by atoms with E-state index in [9.17, 15) is 5.11 Å². The van der Waals surface area contributed by atoms with E-state index >= 15 is 0 Å². The maximum Gasteiger partial charge on any atom is 0.151 e. The van der Waals surface area contributed by atoms with Crippen molar-refractivity contribution in [1.82, 2.24) is 5.32 Å². The van der Waals surface area contributed by atoms with Gasteiger partial charge in [0.1, 0.15) is 0 Å². The second kappa shape index (κ2) is 4.08. The third-order valence-corrected chi connectivity index (χ3v) is 2.50. The molecular weight excluding hydrogens is 164 g/mol. The van der Waals surface area contributed by atoms with Gasteiger partial charge in [-0.2, -0.15) is 5.26 Å². The topological polar surface area (TPSA) is 58.1 Å². The Morgan fingerprint density at radius 2 is 2.00 bits per heavy atom. The Morgan fingerprint density at radius 1 is 1.46 bits per heavy atom. The fourth-order valence-electron chi connectivity index (χ4n) is 1.76. The molecule has 0 aromatic heterocycles. The van der Waals surface area contributed by atoms with Crippen LogP contribution in [0.4, 0.5) is 0 Å². The summed E-state index contributed by atoms with van der Waals surface area (Å²) >= 11 is 0. The van der Waals surface area contributed by atoms with Crippen LogP contribution in [-0.4, -0.2) is 22.8 Å². The molecular formula is C10H17N2O. The number of nitriles is 1. The molecule has 0 saturated heterocycles. The predicted octanol–water partition coefficient (Wildman–Crippen LogP) is 1.20. The Hall–Kier alpha value is -0.590. The smallest absolute Gasteiger partial charge is 0.151 e. The molecule has 0 unspecified atom stereocenters. The van der Waals surface area contributed by atoms with Crippen LogP contribution in [0.3, 0.4) is 0 Å². The van der Waals surface area contributed by atoms with Crippen LogP contribution in [0.2, 0.25) is 0 Å². The normalized spacial score (nSPS) is 34.5. The van der Waals surface area contributed by atoms with E-state index in [1.165, 1.54) is 0 Å². The van der Waals surface area contributed by atoms with Gasteiger partial charge in [0.2, 0.25) is 0 Å². The van der Waals surface area contributed by atoms with Gasteiger partial charge in [0.25, 0.3) is 0 Å². The van der Waals surface area contributed by atoms with Gasteiger partial charge in [0.15, 0.2) is 5.60 Å². The van der Waals surface area contributed by atoms with Crippen molar-refractivity contribution in [1.29, 1.82) is 5.26 Å². The van der Waals surface area contributed by atoms with Gasteiger partial charge >= 0.3 is 0 Å². The summed E-state index contributed by atoms with van der Waals surface area (Å²) in [5.74, 6) is 0. The summed E-state index contributed by atoms with van der Waals surface area (Å²) in [4.78, 5) is 0. The highest BCUT2D eigenvalue weighted by Gasteiger charge is 2.33. The van der Waals surface area contributed by atoms with Crippen molar-refractivity contribution in [3.05, 3.63) is 0 Å². The zero-order valence-corrected chi connectivity index (χ0v) is 8.32. The van der Waals surface area contributed by atoms with E-state index in [1.807, 2.05) is 6.07 Å². The second-order valence-corrected chi connectivity index (χ2v) is 4.12. The largest absolute Gasteiger partial charge is 0.375 e. The SMILES string of the molecule is CC(C)[N]C1CCC(O)(C#N)CC1. The Labute approximate surface area is 79.8 Å². The monoisotopic (exact) mass is 181 g/mol. The number of hydrogen-bond acceptors (Lipinski definition) is 2. The van der Waals surface area contributed by atoms with Crippen molar-refractivity contribution in [3.63, 3.8) is 0 Å². The number of rotatable bonds is 2. The van der Waals surface area contributed by atoms with E-state index in [2.05, 4.69) is 19.2 Å². The summed E-state index contributed by atoms with van der Waals surface area (Å²) in [5.41, 5.74) is -1.07. The lowest BCUT2D eigenvalue weighted by Crippen LogP contribution is -2.39. The molecule has 1 aliphatic rings. The van der Waals surface area contributed by atoms with Gasteiger partial charge in [-0.3, -0.25) is 0 Å². The molecule has 0 amide bonds. The molecule has 0 aromatic carbocycles. The molecule has 0 aliphatic heterocycles. The molecule has 0 atom stereocenters. The third kappa shape index (κ3) is 2.98. The Balaban J connectivity index is 2.36. The first-order valence-corrected chi connectivity index (χ1v) is 4.89. The summed E-state index contributed by atoms with van der Waals surface area (Å²) in [6.45, 7) is 4.12. The van der Waals surface area contributed by atoms with E-state index < -0.39 is 5.60 Å². The first-order chi connectivity index (χ1) is 6.06. The number of aliphatic hydroxyl groups is 1. The van der Waals surface area contributed by atoms with E-state index in [4.69, 9.17) is 5.26 Å². The lowest BCUT2D eigenvalue weighted by Gasteiger charge is -2.31. The molecule has 1 rings (SSSR count). The Morgan fingerprint density at radius 3 is 2.38 bits per heavy atom. The first kappa shape index (κ1) is 10.5. The van der Waals surface area contributed by atoms with Gasteiger partial charge in [0, 0.05) is 12.1 Å². The molecule has 1 N–H and O–H groups in total. The highest BCUT2D eigenvalue weighted by Crippen LogP contribution is 2.28. The maximum atomic E-state index is 9.63. The molecule has 3 nitrogen and oxygen atoms in total. The van der Waals surface area contributed by atoms with Crippen LogP contribution >= 0.6 is 0 Å². The molecule has 0 bridgehead atoms. The highest BCUT2D eigenvalue weighted by atomic mass is 16.3. The number of nitrogens with zero attached hydrogens (tertiary/aromatic N) is 2. The van der Waals surface area contributed by atoms with E-state index in [0.29, 0.717) is 24.9 Å². The van der Waals surface area contributed by atoms with E-state index in [0.717, 1.165) is 12.8 Å². The van der Waals surface area contributed by atoms with Gasteiger partial charge in [-0.15, -0.1) is 0 Å². The third-order valence-electron chi connectivity index (χ3n) is 2.50. The van der Waals surface area contributed by atoms with Crippen molar-refractivity contribution in [2.45, 2.75) is 57.2 Å². The standard InChI is InChI=1S/C10H17N2O/c1-8(2)12-9-3-5-10(13,7-11)6-4-9/h8-9,13H,3-6H2,1-2H3. The van der Waals surface area contributed by atoms with Crippen LogP contribution in [-0.2, 0) is 0 Å². The van der Waals surface area contributed by atoms with Crippen molar-refractivity contribution < 1.29 is 5.11 Å². The minimum absolute atomic E-state index is 0.355. The van der Waals surface area contributed by atoms with Crippen molar-refractivity contribution in [3.8, 4) is 6.07 Å². The summed E-state index contributed by atoms with van der Waals surface area (Å²) in [7, 11) is 0. The Kier molecular flexibility index (Phi) is 3.29. The van der Waals surface area contributed by atoms with Crippen LogP contribution < -0.4 is 5.32 Å². The fraction of sp³-hybridized carbons (Fsp3) is 0.900. The zero-order chi connectivity index (χ0) is 9.90. The van der Waals surface area contributed by atoms with Crippen LogP contribution in [0, 0.1) is 11.3 Å². The molecule has 3 heteroatoms. The number of hydrogen-bond donors (Lipinski definition) is 1. The molecule has 0 spiro atoms. The first-order valence-electron chi connectivity index (χ1n) is 4.89. The zero-order valence-electron chi connectivity index (χ0n) is 8.32. The van der Waals surface area contributed by atoms with E-state index in [1.54, 1.807) is 0 Å². The molecule has 1 saturated carbocycles. The lowest BCUT2D eigenvalue weighted by atomic mass is 9.83. The Bertz CT molecular complexity index is 199. The highest BCUT2D eigenvalue weighted by molar-refractivity contribution is 5.03. The maximum absolute atomic E-state index is 9.63. The average molecular weight is 181 g/mol. The van der Waals surface area contributed by atoms with Gasteiger partial charge in [-0.1, -0.05) is 0 Å². The molecule has 1 radical (unpaired) electrons. The minimum Gasteiger partial charge on any atom is -0.375 e. The van der Waals surface area contributed by atoms with Crippen LogP contribution in [0.15, 0.2) is 0 Å². The molecule has 13 heavy (non-hydrogen) atoms. The van der Waals surface area contributed by atoms with Gasteiger partial charge in [-0.25, -0.2) is 5.32 Å². The van der Waals surface area contributed by atoms with Crippen LogP contribution in [0.25, 0.3) is 0 Å². The van der Waals surface area contributed by atoms with Crippen LogP contribution in [0.5, 0.6) is 0 Å². The quantitative estimate of drug-likeness (QED) is 0.651. The summed E-state index contributed by atoms with van der Waals surface area (Å²) in [6.07, 6.45) is 2.85. The lowest BCUT2D eigenvalue weighted by molar-refractivity contribution is 0.0474. The minimum atomic E-state index is -1.07. The van der Waals surface area contributed by atoms with Crippen molar-refractivity contribution in [2.75, 3.05) is 0 Å². The van der Waals surface area contributed by atoms with E-state index in [-0.39, 0.29) is 0 Å². The molecule has 0 aromatic rings. The van der Waals surface area contributed by atoms with Crippen LogP contribution in [0.1, 0.15) is 39.5 Å². The van der Waals surface area contributed by atoms with Gasteiger partial charge in [-0.05, 0) is 39.5 Å². The average Bonchev–Trinajstić information content (AvgIpc) is 2.09. The van der Waals surface area contributed by atoms with Crippen molar-refractivity contribution in [2.24, 2.45) is 0 Å². The second-order valence-electron chi connectivity index (χ2n) is 4.12. The molecule has 73 valence electrons. The van der Waals surface area contributed by atoms with Gasteiger partial charge < -0.3 is 5.11 Å². The summed E-state index contributed by atoms with van der Waals surface area (Å²) in [5, 5.41) is 22.8. The molecule has 1 aliphatic carbocycles. The van der Waals surface area contributed by atoms with Crippen molar-refractivity contribution >= 4 is 0 Å². The molecule has 0 heterocycles. The summed E-state index contributed by atoms with van der Waals surface area (Å²) in [6, 6.07) is 2.68. The molecule has 1 fully saturated rings. The fourth-order valence-corrected chi connectivity index (χ4v) is 1.76. The van der Waals surface area contributed by atoms with Gasteiger partial charge in [0.05, 0.1) is 6.07 Å². The predicted molar refractivity (Wildman–Crippen MR) is 50.1 cm³/mol.